The number of nitrogens with one attached hydrogen (secondary N) is 2. The van der Waals surface area contributed by atoms with E-state index in [1.807, 2.05) is 50.2 Å². The van der Waals surface area contributed by atoms with E-state index in [1.54, 1.807) is 24.3 Å². The molecule has 166 valence electrons. The van der Waals surface area contributed by atoms with E-state index in [4.69, 9.17) is 4.74 Å². The van der Waals surface area contributed by atoms with Gasteiger partial charge in [0.05, 0.1) is 0 Å². The van der Waals surface area contributed by atoms with Gasteiger partial charge in [-0.15, -0.1) is 0 Å². The van der Waals surface area contributed by atoms with Crippen molar-refractivity contribution < 1.29 is 14.3 Å². The minimum atomic E-state index is -0.179. The molecule has 0 heterocycles. The molecule has 0 saturated heterocycles. The average molecular weight is 431 g/mol. The maximum atomic E-state index is 12.3. The number of anilines is 1. The van der Waals surface area contributed by atoms with Crippen molar-refractivity contribution in [3.63, 3.8) is 0 Å². The van der Waals surface area contributed by atoms with E-state index in [0.717, 1.165) is 6.42 Å². The van der Waals surface area contributed by atoms with Gasteiger partial charge in [0.15, 0.2) is 6.61 Å². The van der Waals surface area contributed by atoms with Crippen LogP contribution in [0.4, 0.5) is 5.69 Å². The number of amides is 2. The molecule has 2 amide bonds. The molecule has 0 unspecified atom stereocenters. The van der Waals surface area contributed by atoms with Crippen LogP contribution in [0.3, 0.4) is 0 Å². The number of carbonyl (C=O) groups is 2. The van der Waals surface area contributed by atoms with Crippen molar-refractivity contribution in [3.8, 4) is 5.75 Å². The Balaban J connectivity index is 1.51. The molecule has 0 aliphatic rings. The van der Waals surface area contributed by atoms with E-state index in [1.165, 1.54) is 11.1 Å². The van der Waals surface area contributed by atoms with Gasteiger partial charge in [0.2, 0.25) is 5.91 Å². The lowest BCUT2D eigenvalue weighted by Crippen LogP contribution is -2.30. The quantitative estimate of drug-likeness (QED) is 0.476. The van der Waals surface area contributed by atoms with Crippen LogP contribution in [0.2, 0.25) is 0 Å². The van der Waals surface area contributed by atoms with Gasteiger partial charge < -0.3 is 15.4 Å². The highest BCUT2D eigenvalue weighted by molar-refractivity contribution is 5.92. The Labute approximate surface area is 189 Å². The average Bonchev–Trinajstić information content (AvgIpc) is 2.82. The molecule has 5 heteroatoms. The van der Waals surface area contributed by atoms with E-state index in [0.29, 0.717) is 18.0 Å². The summed E-state index contributed by atoms with van der Waals surface area (Å²) in [6.07, 6.45) is 0.788. The first-order valence-electron chi connectivity index (χ1n) is 10.9. The fourth-order valence-electron chi connectivity index (χ4n) is 3.40. The summed E-state index contributed by atoms with van der Waals surface area (Å²) < 4.78 is 5.61. The zero-order chi connectivity index (χ0) is 22.8. The number of ether oxygens (including phenoxy) is 1. The van der Waals surface area contributed by atoms with Gasteiger partial charge >= 0.3 is 0 Å². The Morgan fingerprint density at radius 2 is 1.47 bits per heavy atom. The highest BCUT2D eigenvalue weighted by Gasteiger charge is 2.14. The fourth-order valence-corrected chi connectivity index (χ4v) is 3.40. The summed E-state index contributed by atoms with van der Waals surface area (Å²) in [7, 11) is 0. The summed E-state index contributed by atoms with van der Waals surface area (Å²) in [6.45, 7) is 4.13. The second-order valence-electron chi connectivity index (χ2n) is 7.97. The number of carbonyl (C=O) groups excluding carboxylic acids is 2. The van der Waals surface area contributed by atoms with Crippen LogP contribution in [0.15, 0.2) is 84.9 Å². The van der Waals surface area contributed by atoms with Crippen LogP contribution in [0.25, 0.3) is 0 Å². The summed E-state index contributed by atoms with van der Waals surface area (Å²) in [6, 6.07) is 27.7. The van der Waals surface area contributed by atoms with Crippen LogP contribution in [0.5, 0.6) is 5.75 Å². The molecular weight excluding hydrogens is 400 g/mol. The van der Waals surface area contributed by atoms with Crippen LogP contribution in [0.1, 0.15) is 37.3 Å². The molecule has 5 nitrogen and oxygen atoms in total. The third kappa shape index (κ3) is 6.98. The maximum absolute atomic E-state index is 12.3. The second kappa shape index (κ2) is 11.7. The van der Waals surface area contributed by atoms with Gasteiger partial charge in [-0.2, -0.15) is 0 Å². The molecule has 2 N–H and O–H groups in total. The van der Waals surface area contributed by atoms with Gasteiger partial charge in [0, 0.05) is 30.1 Å². The van der Waals surface area contributed by atoms with Crippen LogP contribution in [-0.4, -0.2) is 25.0 Å². The Bertz CT molecular complexity index is 964. The molecule has 3 aromatic carbocycles. The topological polar surface area (TPSA) is 67.4 Å². The smallest absolute Gasteiger partial charge is 0.257 e. The Morgan fingerprint density at radius 3 is 2.06 bits per heavy atom. The standard InChI is InChI=1S/C27H30N2O3/c1-20(2)27(31)29-23-14-9-15-24(18-23)32-19-26(30)28-17-16-25(21-10-5-3-6-11-21)22-12-7-4-8-13-22/h3-15,18,20,25H,16-17,19H2,1-2H3,(H,28,30)(H,29,31). The van der Waals surface area contributed by atoms with Gasteiger partial charge in [0.25, 0.3) is 5.91 Å². The summed E-state index contributed by atoms with van der Waals surface area (Å²) in [5.41, 5.74) is 3.10. The first-order chi connectivity index (χ1) is 15.5. The van der Waals surface area contributed by atoms with E-state index in [2.05, 4.69) is 34.9 Å². The molecule has 0 spiro atoms. The minimum absolute atomic E-state index is 0.0636. The number of hydrogen-bond acceptors (Lipinski definition) is 3. The lowest BCUT2D eigenvalue weighted by atomic mass is 9.88. The zero-order valence-corrected chi connectivity index (χ0v) is 18.6. The van der Waals surface area contributed by atoms with Gasteiger partial charge in [-0.25, -0.2) is 0 Å². The highest BCUT2D eigenvalue weighted by atomic mass is 16.5. The molecular formula is C27H30N2O3. The Hall–Kier alpha value is -3.60. The van der Waals surface area contributed by atoms with Crippen molar-refractivity contribution in [1.82, 2.24) is 5.32 Å². The first-order valence-corrected chi connectivity index (χ1v) is 10.9. The zero-order valence-electron chi connectivity index (χ0n) is 18.6. The molecule has 0 fully saturated rings. The van der Waals surface area contributed by atoms with E-state index >= 15 is 0 Å². The van der Waals surface area contributed by atoms with Crippen LogP contribution in [0, 0.1) is 5.92 Å². The third-order valence-electron chi connectivity index (χ3n) is 5.15. The molecule has 32 heavy (non-hydrogen) atoms. The van der Waals surface area contributed by atoms with Gasteiger partial charge in [0.1, 0.15) is 5.75 Å². The molecule has 0 radical (unpaired) electrons. The van der Waals surface area contributed by atoms with Gasteiger partial charge in [-0.3, -0.25) is 9.59 Å². The molecule has 3 aromatic rings. The largest absolute Gasteiger partial charge is 0.484 e. The normalized spacial score (nSPS) is 10.8. The molecule has 0 aromatic heterocycles. The summed E-state index contributed by atoms with van der Waals surface area (Å²) in [5.74, 6) is 0.391. The maximum Gasteiger partial charge on any atom is 0.257 e. The molecule has 0 atom stereocenters. The summed E-state index contributed by atoms with van der Waals surface area (Å²) in [4.78, 5) is 24.2. The SMILES string of the molecule is CC(C)C(=O)Nc1cccc(OCC(=O)NCCC(c2ccccc2)c2ccccc2)c1. The second-order valence-corrected chi connectivity index (χ2v) is 7.97. The van der Waals surface area contributed by atoms with E-state index < -0.39 is 0 Å². The lowest BCUT2D eigenvalue weighted by Gasteiger charge is -2.18. The fraction of sp³-hybridized carbons (Fsp3) is 0.259. The predicted octanol–water partition coefficient (Wildman–Crippen LogP) is 5.00. The van der Waals surface area contributed by atoms with Crippen molar-refractivity contribution >= 4 is 17.5 Å². The third-order valence-corrected chi connectivity index (χ3v) is 5.15. The summed E-state index contributed by atoms with van der Waals surface area (Å²) in [5, 5.41) is 5.78. The van der Waals surface area contributed by atoms with Crippen LogP contribution < -0.4 is 15.4 Å². The van der Waals surface area contributed by atoms with E-state index in [9.17, 15) is 9.59 Å². The predicted molar refractivity (Wildman–Crippen MR) is 128 cm³/mol. The lowest BCUT2D eigenvalue weighted by molar-refractivity contribution is -0.123. The number of hydrogen-bond donors (Lipinski definition) is 2. The van der Waals surface area contributed by atoms with Crippen molar-refractivity contribution in [3.05, 3.63) is 96.1 Å². The molecule has 3 rings (SSSR count). The van der Waals surface area contributed by atoms with Crippen molar-refractivity contribution in [2.75, 3.05) is 18.5 Å². The summed E-state index contributed by atoms with van der Waals surface area (Å²) >= 11 is 0. The van der Waals surface area contributed by atoms with E-state index in [-0.39, 0.29) is 30.3 Å². The van der Waals surface area contributed by atoms with Crippen LogP contribution in [-0.2, 0) is 9.59 Å². The van der Waals surface area contributed by atoms with Gasteiger partial charge in [-0.05, 0) is 29.7 Å². The Morgan fingerprint density at radius 1 is 0.844 bits per heavy atom. The van der Waals surface area contributed by atoms with Crippen molar-refractivity contribution in [2.24, 2.45) is 5.92 Å². The number of benzene rings is 3. The Kier molecular flexibility index (Phi) is 8.44. The molecule has 0 aliphatic carbocycles. The monoisotopic (exact) mass is 430 g/mol. The molecule has 0 bridgehead atoms. The first kappa shape index (κ1) is 23.1. The van der Waals surface area contributed by atoms with Crippen molar-refractivity contribution in [1.29, 1.82) is 0 Å². The number of rotatable bonds is 10. The minimum Gasteiger partial charge on any atom is -0.484 e. The molecule has 0 aliphatic heterocycles. The van der Waals surface area contributed by atoms with Gasteiger partial charge in [-0.1, -0.05) is 80.6 Å². The molecule has 0 saturated carbocycles. The van der Waals surface area contributed by atoms with Crippen LogP contribution >= 0.6 is 0 Å². The highest BCUT2D eigenvalue weighted by Crippen LogP contribution is 2.27. The van der Waals surface area contributed by atoms with Crippen molar-refractivity contribution in [2.45, 2.75) is 26.2 Å².